The summed E-state index contributed by atoms with van der Waals surface area (Å²) >= 11 is -1.11. The van der Waals surface area contributed by atoms with Gasteiger partial charge in [0.1, 0.15) is 16.1 Å². The van der Waals surface area contributed by atoms with E-state index in [1.807, 2.05) is 27.0 Å². The van der Waals surface area contributed by atoms with Crippen molar-refractivity contribution in [2.75, 3.05) is 13.2 Å². The lowest BCUT2D eigenvalue weighted by molar-refractivity contribution is 0.0838. The summed E-state index contributed by atoms with van der Waals surface area (Å²) in [5, 5.41) is 0. The number of ether oxygens (including phenoxy) is 1. The lowest BCUT2D eigenvalue weighted by Gasteiger charge is -2.20. The molecule has 3 nitrogen and oxygen atoms in total. The monoisotopic (exact) mass is 217 g/mol. The molecule has 14 heavy (non-hydrogen) atoms. The average molecular weight is 217 g/mol. The number of rotatable bonds is 2. The van der Waals surface area contributed by atoms with Gasteiger partial charge in [-0.25, -0.2) is 0 Å². The molecule has 1 aliphatic rings. The van der Waals surface area contributed by atoms with Gasteiger partial charge in [-0.3, -0.25) is 0 Å². The highest BCUT2D eigenvalue weighted by Crippen LogP contribution is 2.18. The van der Waals surface area contributed by atoms with Crippen LogP contribution >= 0.6 is 0 Å². The third-order valence-electron chi connectivity index (χ3n) is 2.16. The summed E-state index contributed by atoms with van der Waals surface area (Å²) in [6.45, 7) is 7.41. The smallest absolute Gasteiger partial charge is 0.144 e. The van der Waals surface area contributed by atoms with E-state index in [0.717, 1.165) is 26.1 Å². The fourth-order valence-corrected chi connectivity index (χ4v) is 1.76. The van der Waals surface area contributed by atoms with Gasteiger partial charge in [-0.15, -0.1) is 0 Å². The van der Waals surface area contributed by atoms with Gasteiger partial charge in [0.15, 0.2) is 0 Å². The molecule has 82 valence electrons. The van der Waals surface area contributed by atoms with Crippen LogP contribution in [0.4, 0.5) is 0 Å². The van der Waals surface area contributed by atoms with E-state index in [2.05, 4.69) is 4.40 Å². The molecule has 1 atom stereocenters. The Labute approximate surface area is 89.3 Å². The average Bonchev–Trinajstić information content (AvgIpc) is 2.14. The lowest BCUT2D eigenvalue weighted by Crippen LogP contribution is -2.26. The van der Waals surface area contributed by atoms with Crippen molar-refractivity contribution in [2.45, 2.75) is 38.4 Å². The van der Waals surface area contributed by atoms with Crippen LogP contribution in [0.5, 0.6) is 0 Å². The Balaban J connectivity index is 2.38. The van der Waals surface area contributed by atoms with Crippen LogP contribution in [0.1, 0.15) is 33.6 Å². The first-order valence-electron chi connectivity index (χ1n) is 5.04. The van der Waals surface area contributed by atoms with Crippen LogP contribution in [0.2, 0.25) is 0 Å². The third-order valence-corrected chi connectivity index (χ3v) is 3.52. The number of nitrogens with zero attached hydrogens (tertiary/aromatic N) is 1. The predicted octanol–water partition coefficient (Wildman–Crippen LogP) is 1.95. The van der Waals surface area contributed by atoms with E-state index in [0.29, 0.717) is 5.92 Å². The number of hydrogen-bond acceptors (Lipinski definition) is 3. The van der Waals surface area contributed by atoms with Crippen molar-refractivity contribution < 1.29 is 9.29 Å². The van der Waals surface area contributed by atoms with E-state index in [9.17, 15) is 4.55 Å². The molecule has 0 amide bonds. The fraction of sp³-hybridized carbons (Fsp3) is 0.900. The van der Waals surface area contributed by atoms with Crippen LogP contribution < -0.4 is 0 Å². The largest absolute Gasteiger partial charge is 0.591 e. The molecule has 1 unspecified atom stereocenters. The lowest BCUT2D eigenvalue weighted by atomic mass is 10.0. The molecule has 0 spiro atoms. The van der Waals surface area contributed by atoms with E-state index >= 15 is 0 Å². The summed E-state index contributed by atoms with van der Waals surface area (Å²) in [5.74, 6) is 0.454. The predicted molar refractivity (Wildman–Crippen MR) is 59.9 cm³/mol. The highest BCUT2D eigenvalue weighted by molar-refractivity contribution is 7.91. The van der Waals surface area contributed by atoms with Gasteiger partial charge >= 0.3 is 0 Å². The van der Waals surface area contributed by atoms with Crippen LogP contribution in [0.15, 0.2) is 4.40 Å². The zero-order valence-corrected chi connectivity index (χ0v) is 9.97. The maximum atomic E-state index is 11.6. The highest BCUT2D eigenvalue weighted by atomic mass is 32.2. The second-order valence-electron chi connectivity index (χ2n) is 4.57. The summed E-state index contributed by atoms with van der Waals surface area (Å²) in [5.41, 5.74) is 0. The molecule has 0 aliphatic carbocycles. The molecule has 0 N–H and O–H groups in total. The third kappa shape index (κ3) is 3.98. The number of hydrogen-bond donors (Lipinski definition) is 0. The molecule has 0 radical (unpaired) electrons. The second kappa shape index (κ2) is 5.14. The summed E-state index contributed by atoms with van der Waals surface area (Å²) in [7, 11) is 0. The first-order chi connectivity index (χ1) is 6.50. The summed E-state index contributed by atoms with van der Waals surface area (Å²) in [6.07, 6.45) is 3.86. The zero-order valence-electron chi connectivity index (χ0n) is 9.16. The van der Waals surface area contributed by atoms with Crippen molar-refractivity contribution in [3.05, 3.63) is 0 Å². The van der Waals surface area contributed by atoms with Crippen LogP contribution in [-0.2, 0) is 16.1 Å². The van der Waals surface area contributed by atoms with Gasteiger partial charge in [0.25, 0.3) is 0 Å². The van der Waals surface area contributed by atoms with Gasteiger partial charge in [0.2, 0.25) is 0 Å². The first-order valence-corrected chi connectivity index (χ1v) is 6.15. The molecule has 1 aliphatic heterocycles. The minimum absolute atomic E-state index is 0.248. The minimum Gasteiger partial charge on any atom is -0.591 e. The van der Waals surface area contributed by atoms with Crippen LogP contribution in [0, 0.1) is 5.92 Å². The minimum atomic E-state index is -1.11. The second-order valence-corrected chi connectivity index (χ2v) is 6.50. The Hall–Kier alpha value is -0.0600. The molecule has 1 heterocycles. The molecule has 4 heteroatoms. The van der Waals surface area contributed by atoms with Gasteiger partial charge < -0.3 is 9.29 Å². The molecular weight excluding hydrogens is 198 g/mol. The van der Waals surface area contributed by atoms with E-state index in [1.165, 1.54) is 0 Å². The van der Waals surface area contributed by atoms with Crippen LogP contribution in [0.25, 0.3) is 0 Å². The van der Waals surface area contributed by atoms with Gasteiger partial charge in [-0.05, 0) is 33.6 Å². The molecule has 0 aromatic heterocycles. The highest BCUT2D eigenvalue weighted by Gasteiger charge is 2.26. The summed E-state index contributed by atoms with van der Waals surface area (Å²) in [4.78, 5) is 0. The van der Waals surface area contributed by atoms with Crippen molar-refractivity contribution in [2.24, 2.45) is 10.3 Å². The van der Waals surface area contributed by atoms with Crippen LogP contribution in [-0.4, -0.2) is 28.7 Å². The SMILES string of the molecule is CC(C)(C)[S+]([O-])/N=C\C1CCOCC1. The Morgan fingerprint density at radius 3 is 2.43 bits per heavy atom. The Kier molecular flexibility index (Phi) is 4.41. The van der Waals surface area contributed by atoms with Crippen molar-refractivity contribution >= 4 is 17.6 Å². The molecular formula is C10H19NO2S. The molecule has 1 fully saturated rings. The molecule has 0 bridgehead atoms. The van der Waals surface area contributed by atoms with Crippen molar-refractivity contribution in [1.82, 2.24) is 0 Å². The van der Waals surface area contributed by atoms with E-state index in [4.69, 9.17) is 4.74 Å². The fourth-order valence-electron chi connectivity index (χ4n) is 1.16. The summed E-state index contributed by atoms with van der Waals surface area (Å²) in [6, 6.07) is 0. The molecule has 1 rings (SSSR count). The van der Waals surface area contributed by atoms with Gasteiger partial charge in [0.05, 0.1) is 6.21 Å². The van der Waals surface area contributed by atoms with Gasteiger partial charge in [-0.2, -0.15) is 0 Å². The van der Waals surface area contributed by atoms with E-state index in [-0.39, 0.29) is 4.75 Å². The first kappa shape index (κ1) is 12.0. The van der Waals surface area contributed by atoms with Crippen molar-refractivity contribution in [3.8, 4) is 0 Å². The standard InChI is InChI=1S/C10H19NO2S/c1-10(2,3)14(12)11-8-9-4-6-13-7-5-9/h8-9H,4-7H2,1-3H3/b11-8-. The van der Waals surface area contributed by atoms with Crippen molar-refractivity contribution in [3.63, 3.8) is 0 Å². The van der Waals surface area contributed by atoms with Gasteiger partial charge in [0, 0.05) is 19.1 Å². The molecule has 0 aromatic carbocycles. The van der Waals surface area contributed by atoms with Crippen molar-refractivity contribution in [1.29, 1.82) is 0 Å². The van der Waals surface area contributed by atoms with E-state index in [1.54, 1.807) is 0 Å². The maximum Gasteiger partial charge on any atom is 0.144 e. The molecule has 0 aromatic rings. The normalized spacial score (nSPS) is 22.9. The van der Waals surface area contributed by atoms with Gasteiger partial charge in [-0.1, -0.05) is 4.40 Å². The maximum absolute atomic E-state index is 11.6. The van der Waals surface area contributed by atoms with Crippen LogP contribution in [0.3, 0.4) is 0 Å². The summed E-state index contributed by atoms with van der Waals surface area (Å²) < 4.78 is 20.7. The molecule has 1 saturated heterocycles. The topological polar surface area (TPSA) is 44.7 Å². The Morgan fingerprint density at radius 1 is 1.36 bits per heavy atom. The van der Waals surface area contributed by atoms with E-state index < -0.39 is 11.4 Å². The Morgan fingerprint density at radius 2 is 1.93 bits per heavy atom. The zero-order chi connectivity index (χ0) is 10.6. The Bertz CT molecular complexity index is 195. The molecule has 0 saturated carbocycles. The quantitative estimate of drug-likeness (QED) is 0.524.